The van der Waals surface area contributed by atoms with Gasteiger partial charge in [0.05, 0.1) is 11.7 Å². The minimum atomic E-state index is 0.531. The highest BCUT2D eigenvalue weighted by atomic mass is 79.9. The maximum Gasteiger partial charge on any atom is 0.0802 e. The molecule has 0 radical (unpaired) electrons. The van der Waals surface area contributed by atoms with Crippen LogP contribution in [0.1, 0.15) is 0 Å². The van der Waals surface area contributed by atoms with Gasteiger partial charge in [0.2, 0.25) is 0 Å². The molecule has 0 rings (SSSR count). The number of rotatable bonds is 2. The molecule has 0 saturated carbocycles. The number of hydrogen-bond donors (Lipinski definition) is 0. The van der Waals surface area contributed by atoms with Crippen molar-refractivity contribution in [3.8, 4) is 0 Å². The summed E-state index contributed by atoms with van der Waals surface area (Å²) < 4.78 is 0.824. The quantitative estimate of drug-likeness (QED) is 0.465. The Morgan fingerprint density at radius 2 is 2.57 bits per heavy atom. The van der Waals surface area contributed by atoms with E-state index in [9.17, 15) is 0 Å². The molecule has 0 aromatic heterocycles. The molecule has 0 aromatic rings. The molecule has 0 fully saturated rings. The van der Waals surface area contributed by atoms with Crippen LogP contribution >= 0.6 is 28.1 Å². The normalized spacial score (nSPS) is 7.00. The monoisotopic (exact) mass is 177 g/mol. The molecule has 3 heteroatoms. The Morgan fingerprint density at radius 3 is 2.71 bits per heavy atom. The number of halogens is 1. The number of aliphatic imine (C=N–C) groups is 1. The molecular weight excluding hydrogens is 174 g/mol. The minimum Gasteiger partial charge on any atom is -0.227 e. The van der Waals surface area contributed by atoms with Gasteiger partial charge in [-0.15, -0.1) is 0 Å². The summed E-state index contributed by atoms with van der Waals surface area (Å²) in [4.78, 5) is 3.59. The van der Waals surface area contributed by atoms with Gasteiger partial charge in [-0.1, -0.05) is 22.5 Å². The van der Waals surface area contributed by atoms with Crippen LogP contribution < -0.4 is 0 Å². The van der Waals surface area contributed by atoms with Crippen molar-refractivity contribution < 1.29 is 0 Å². The largest absolute Gasteiger partial charge is 0.227 e. The molecular formula is C4H4BrNS. The van der Waals surface area contributed by atoms with E-state index in [4.69, 9.17) is 0 Å². The van der Waals surface area contributed by atoms with Crippen LogP contribution in [0.3, 0.4) is 0 Å². The van der Waals surface area contributed by atoms with Crippen LogP contribution in [0.5, 0.6) is 0 Å². The fourth-order valence-corrected chi connectivity index (χ4v) is 0.308. The summed E-state index contributed by atoms with van der Waals surface area (Å²) in [5, 5.41) is 2.22. The van der Waals surface area contributed by atoms with E-state index in [1.165, 1.54) is 0 Å². The predicted octanol–water partition coefficient (Wildman–Crippen LogP) is 2.00. The SMILES string of the molecule is C=C(Br)CN=C=S. The molecule has 7 heavy (non-hydrogen) atoms. The molecule has 0 saturated heterocycles. The van der Waals surface area contributed by atoms with Crippen LogP contribution in [-0.4, -0.2) is 11.7 Å². The molecule has 0 atom stereocenters. The maximum absolute atomic E-state index is 4.29. The van der Waals surface area contributed by atoms with Gasteiger partial charge in [0.1, 0.15) is 0 Å². The van der Waals surface area contributed by atoms with Gasteiger partial charge < -0.3 is 0 Å². The summed E-state index contributed by atoms with van der Waals surface area (Å²) in [7, 11) is 0. The van der Waals surface area contributed by atoms with Crippen molar-refractivity contribution in [3.05, 3.63) is 11.1 Å². The zero-order valence-corrected chi connectivity index (χ0v) is 6.05. The fraction of sp³-hybridized carbons (Fsp3) is 0.250. The first kappa shape index (κ1) is 7.02. The highest BCUT2D eigenvalue weighted by Crippen LogP contribution is 1.98. The van der Waals surface area contributed by atoms with Crippen molar-refractivity contribution in [1.29, 1.82) is 0 Å². The molecule has 0 aliphatic rings. The highest BCUT2D eigenvalue weighted by Gasteiger charge is 1.77. The Kier molecular flexibility index (Phi) is 4.20. The first-order valence-electron chi connectivity index (χ1n) is 1.64. The van der Waals surface area contributed by atoms with Gasteiger partial charge >= 0.3 is 0 Å². The second-order valence-corrected chi connectivity index (χ2v) is 2.23. The molecule has 0 aliphatic carbocycles. The molecule has 0 amide bonds. The topological polar surface area (TPSA) is 12.4 Å². The van der Waals surface area contributed by atoms with Crippen LogP contribution in [0.4, 0.5) is 0 Å². The molecule has 0 aromatic carbocycles. The van der Waals surface area contributed by atoms with Gasteiger partial charge in [0.15, 0.2) is 0 Å². The maximum atomic E-state index is 4.29. The van der Waals surface area contributed by atoms with Crippen molar-refractivity contribution in [1.82, 2.24) is 0 Å². The summed E-state index contributed by atoms with van der Waals surface area (Å²) in [5.41, 5.74) is 0. The van der Waals surface area contributed by atoms with E-state index in [1.807, 2.05) is 0 Å². The summed E-state index contributed by atoms with van der Waals surface area (Å²) >= 11 is 7.39. The Bertz CT molecular complexity index is 115. The van der Waals surface area contributed by atoms with E-state index in [1.54, 1.807) is 0 Å². The van der Waals surface area contributed by atoms with Crippen LogP contribution in [-0.2, 0) is 0 Å². The average Bonchev–Trinajstić information content (AvgIpc) is 1.61. The van der Waals surface area contributed by atoms with E-state index in [0.29, 0.717) is 6.54 Å². The summed E-state index contributed by atoms with van der Waals surface area (Å²) in [6.07, 6.45) is 0. The van der Waals surface area contributed by atoms with Crippen LogP contribution in [0.2, 0.25) is 0 Å². The van der Waals surface area contributed by atoms with E-state index < -0.39 is 0 Å². The van der Waals surface area contributed by atoms with Gasteiger partial charge in [-0.3, -0.25) is 0 Å². The standard InChI is InChI=1S/C4H4BrNS/c1-4(5)2-6-3-7/h1-2H2. The zero-order valence-electron chi connectivity index (χ0n) is 3.65. The number of nitrogens with zero attached hydrogens (tertiary/aromatic N) is 1. The van der Waals surface area contributed by atoms with Gasteiger partial charge in [0, 0.05) is 4.48 Å². The van der Waals surface area contributed by atoms with E-state index in [0.717, 1.165) is 4.48 Å². The second-order valence-electron chi connectivity index (χ2n) is 0.925. The second kappa shape index (κ2) is 4.19. The third kappa shape index (κ3) is 6.02. The number of isothiocyanates is 1. The third-order valence-corrected chi connectivity index (χ3v) is 0.695. The van der Waals surface area contributed by atoms with Crippen molar-refractivity contribution >= 4 is 33.3 Å². The summed E-state index contributed by atoms with van der Waals surface area (Å²) in [6, 6.07) is 0. The van der Waals surface area contributed by atoms with Gasteiger partial charge in [-0.25, -0.2) is 4.99 Å². The average molecular weight is 178 g/mol. The van der Waals surface area contributed by atoms with E-state index in [-0.39, 0.29) is 0 Å². The smallest absolute Gasteiger partial charge is 0.0802 e. The highest BCUT2D eigenvalue weighted by molar-refractivity contribution is 9.11. The lowest BCUT2D eigenvalue weighted by molar-refractivity contribution is 1.26. The zero-order chi connectivity index (χ0) is 5.70. The molecule has 0 N–H and O–H groups in total. The van der Waals surface area contributed by atoms with Crippen molar-refractivity contribution in [2.75, 3.05) is 6.54 Å². The lowest BCUT2D eigenvalue weighted by Crippen LogP contribution is -1.71. The van der Waals surface area contributed by atoms with Gasteiger partial charge in [0.25, 0.3) is 0 Å². The molecule has 0 spiro atoms. The van der Waals surface area contributed by atoms with Gasteiger partial charge in [-0.2, -0.15) is 0 Å². The Labute approximate surface area is 56.3 Å². The molecule has 0 heterocycles. The summed E-state index contributed by atoms with van der Waals surface area (Å²) in [5.74, 6) is 0. The van der Waals surface area contributed by atoms with Crippen LogP contribution in [0, 0.1) is 0 Å². The molecule has 38 valence electrons. The fourth-order valence-electron chi connectivity index (χ4n) is 0.118. The minimum absolute atomic E-state index is 0.531. The third-order valence-electron chi connectivity index (χ3n) is 0.315. The first-order chi connectivity index (χ1) is 3.27. The number of hydrogen-bond acceptors (Lipinski definition) is 2. The van der Waals surface area contributed by atoms with Gasteiger partial charge in [-0.05, 0) is 12.2 Å². The predicted molar refractivity (Wildman–Crippen MR) is 38.0 cm³/mol. The Hall–Kier alpha value is 0.0200. The van der Waals surface area contributed by atoms with Crippen molar-refractivity contribution in [2.45, 2.75) is 0 Å². The molecule has 0 unspecified atom stereocenters. The lowest BCUT2D eigenvalue weighted by Gasteiger charge is -1.79. The Morgan fingerprint density at radius 1 is 2.00 bits per heavy atom. The van der Waals surface area contributed by atoms with E-state index in [2.05, 4.69) is 44.9 Å². The number of thiocarbonyl (C=S) groups is 1. The van der Waals surface area contributed by atoms with Crippen molar-refractivity contribution in [3.63, 3.8) is 0 Å². The molecule has 0 aliphatic heterocycles. The van der Waals surface area contributed by atoms with Crippen molar-refractivity contribution in [2.24, 2.45) is 4.99 Å². The lowest BCUT2D eigenvalue weighted by atomic mass is 10.7. The van der Waals surface area contributed by atoms with Crippen LogP contribution in [0.25, 0.3) is 0 Å². The summed E-state index contributed by atoms with van der Waals surface area (Å²) in [6.45, 7) is 4.06. The molecule has 0 bridgehead atoms. The first-order valence-corrected chi connectivity index (χ1v) is 2.84. The van der Waals surface area contributed by atoms with Crippen LogP contribution in [0.15, 0.2) is 16.1 Å². The Balaban J connectivity index is 3.32. The molecule has 1 nitrogen and oxygen atoms in total. The van der Waals surface area contributed by atoms with E-state index >= 15 is 0 Å².